The number of aromatic nitrogens is 1. The van der Waals surface area contributed by atoms with Gasteiger partial charge in [-0.1, -0.05) is 6.92 Å². The summed E-state index contributed by atoms with van der Waals surface area (Å²) in [5.74, 6) is -7.45. The van der Waals surface area contributed by atoms with E-state index >= 15 is 0 Å². The molecule has 0 saturated carbocycles. The number of nitrogens with zero attached hydrogens (tertiary/aromatic N) is 1. The number of halogens is 3. The van der Waals surface area contributed by atoms with Crippen molar-refractivity contribution in [3.8, 4) is 0 Å². The monoisotopic (exact) mass is 492 g/mol. The molecule has 0 aliphatic rings. The summed E-state index contributed by atoms with van der Waals surface area (Å²) in [6, 6.07) is 0.680. The van der Waals surface area contributed by atoms with Gasteiger partial charge in [0.25, 0.3) is 5.91 Å². The van der Waals surface area contributed by atoms with Gasteiger partial charge in [-0.3, -0.25) is 24.2 Å². The van der Waals surface area contributed by atoms with Gasteiger partial charge in [0, 0.05) is 30.3 Å². The first-order chi connectivity index (χ1) is 15.6. The van der Waals surface area contributed by atoms with Gasteiger partial charge in [0.1, 0.15) is 6.04 Å². The molecule has 1 aromatic rings. The van der Waals surface area contributed by atoms with Crippen molar-refractivity contribution < 1.29 is 52.2 Å². The molecule has 188 valence electrons. The van der Waals surface area contributed by atoms with Crippen LogP contribution in [0.15, 0.2) is 24.5 Å². The van der Waals surface area contributed by atoms with E-state index in [4.69, 9.17) is 20.7 Å². The summed E-state index contributed by atoms with van der Waals surface area (Å²) >= 11 is 0. The van der Waals surface area contributed by atoms with Crippen LogP contribution in [0.2, 0.25) is 0 Å². The molecule has 0 aliphatic carbocycles. The van der Waals surface area contributed by atoms with Crippen LogP contribution in [-0.4, -0.2) is 68.9 Å². The van der Waals surface area contributed by atoms with Crippen molar-refractivity contribution in [3.05, 3.63) is 30.1 Å². The summed E-state index contributed by atoms with van der Waals surface area (Å²) in [5.41, 5.74) is 5.29. The predicted octanol–water partition coefficient (Wildman–Crippen LogP) is -0.127. The van der Waals surface area contributed by atoms with Crippen molar-refractivity contribution >= 4 is 35.4 Å². The van der Waals surface area contributed by atoms with E-state index in [1.54, 1.807) is 0 Å². The maximum Gasteiger partial charge on any atom is 0.490 e. The molecule has 12 nitrogen and oxygen atoms in total. The van der Waals surface area contributed by atoms with Crippen molar-refractivity contribution in [1.29, 1.82) is 0 Å². The molecule has 1 aromatic heterocycles. The lowest BCUT2D eigenvalue weighted by molar-refractivity contribution is -0.192. The highest BCUT2D eigenvalue weighted by molar-refractivity contribution is 5.98. The Bertz CT molecular complexity index is 909. The molecule has 0 bridgehead atoms. The second-order valence-electron chi connectivity index (χ2n) is 6.88. The molecule has 3 amide bonds. The zero-order valence-corrected chi connectivity index (χ0v) is 18.0. The number of Topliss-reactive ketones (excluding diaryl/α,β-unsaturated/α-hetero) is 1. The number of carbonyl (C=O) groups excluding carboxylic acids is 4. The predicted molar refractivity (Wildman–Crippen MR) is 107 cm³/mol. The minimum absolute atomic E-state index is 0.216. The molecular formula is C19H23F3N4O8. The highest BCUT2D eigenvalue weighted by atomic mass is 19.4. The maximum absolute atomic E-state index is 12.2. The normalized spacial score (nSPS) is 13.2. The fraction of sp³-hybridized carbons (Fsp3) is 0.421. The Kier molecular flexibility index (Phi) is 11.9. The van der Waals surface area contributed by atoms with E-state index in [0.717, 1.165) is 0 Å². The van der Waals surface area contributed by atoms with Crippen molar-refractivity contribution in [2.75, 3.05) is 0 Å². The number of hydrogen-bond donors (Lipinski definition) is 5. The minimum Gasteiger partial charge on any atom is -0.480 e. The Morgan fingerprint density at radius 2 is 1.50 bits per heavy atom. The number of carboxylic acid groups (broad SMARTS) is 2. The Labute approximate surface area is 190 Å². The number of ketones is 1. The highest BCUT2D eigenvalue weighted by Gasteiger charge is 2.38. The molecule has 0 saturated heterocycles. The molecule has 0 aromatic carbocycles. The molecule has 0 radical (unpaired) electrons. The van der Waals surface area contributed by atoms with Gasteiger partial charge in [-0.25, -0.2) is 9.59 Å². The van der Waals surface area contributed by atoms with Gasteiger partial charge in [-0.05, 0) is 19.1 Å². The molecule has 3 atom stereocenters. The number of amides is 3. The lowest BCUT2D eigenvalue weighted by Crippen LogP contribution is -2.46. The number of pyridine rings is 1. The quantitative estimate of drug-likeness (QED) is 0.294. The second-order valence-corrected chi connectivity index (χ2v) is 6.88. The van der Waals surface area contributed by atoms with Gasteiger partial charge in [0.05, 0.1) is 12.5 Å². The number of rotatable bonds is 10. The van der Waals surface area contributed by atoms with Crippen LogP contribution in [-0.2, 0) is 24.0 Å². The lowest BCUT2D eigenvalue weighted by atomic mass is 9.99. The number of nitrogens with two attached hydrogens (primary N) is 1. The molecule has 1 rings (SSSR count). The number of primary amides is 1. The van der Waals surface area contributed by atoms with Crippen LogP contribution in [0, 0.1) is 5.92 Å². The van der Waals surface area contributed by atoms with E-state index in [2.05, 4.69) is 15.6 Å². The number of carbonyl (C=O) groups is 6. The van der Waals surface area contributed by atoms with Gasteiger partial charge >= 0.3 is 18.1 Å². The topological polar surface area (TPSA) is 206 Å². The summed E-state index contributed by atoms with van der Waals surface area (Å²) in [5, 5.41) is 20.8. The summed E-state index contributed by atoms with van der Waals surface area (Å²) in [7, 11) is 0. The first-order valence-electron chi connectivity index (χ1n) is 9.41. The fourth-order valence-corrected chi connectivity index (χ4v) is 2.15. The zero-order valence-electron chi connectivity index (χ0n) is 18.0. The highest BCUT2D eigenvalue weighted by Crippen LogP contribution is 2.13. The van der Waals surface area contributed by atoms with Crippen LogP contribution in [0.25, 0.3) is 0 Å². The SMILES string of the molecule is C[C@H](CC(=O)[C@H](C)NC(=O)c1ccncc1)C(=O)N[C@@H](CC(N)=O)C(=O)O.O=C(O)C(F)(F)F. The molecule has 1 heterocycles. The van der Waals surface area contributed by atoms with E-state index < -0.39 is 66.0 Å². The van der Waals surface area contributed by atoms with E-state index in [1.165, 1.54) is 38.4 Å². The molecule has 6 N–H and O–H groups in total. The number of carboxylic acids is 2. The van der Waals surface area contributed by atoms with Crippen LogP contribution in [0.5, 0.6) is 0 Å². The largest absolute Gasteiger partial charge is 0.490 e. The smallest absolute Gasteiger partial charge is 0.480 e. The van der Waals surface area contributed by atoms with Crippen LogP contribution >= 0.6 is 0 Å². The minimum atomic E-state index is -5.08. The van der Waals surface area contributed by atoms with Crippen molar-refractivity contribution in [1.82, 2.24) is 15.6 Å². The van der Waals surface area contributed by atoms with E-state index in [1.807, 2.05) is 0 Å². The Morgan fingerprint density at radius 1 is 1.00 bits per heavy atom. The van der Waals surface area contributed by atoms with Gasteiger partial charge in [0.2, 0.25) is 11.8 Å². The molecule has 0 aliphatic heterocycles. The van der Waals surface area contributed by atoms with Crippen molar-refractivity contribution in [3.63, 3.8) is 0 Å². The van der Waals surface area contributed by atoms with E-state index in [-0.39, 0.29) is 6.42 Å². The summed E-state index contributed by atoms with van der Waals surface area (Å²) in [4.78, 5) is 70.9. The third-order valence-electron chi connectivity index (χ3n) is 3.99. The van der Waals surface area contributed by atoms with Gasteiger partial charge in [0.15, 0.2) is 5.78 Å². The lowest BCUT2D eigenvalue weighted by Gasteiger charge is -2.18. The molecule has 0 fully saturated rings. The van der Waals surface area contributed by atoms with Crippen molar-refractivity contribution in [2.24, 2.45) is 11.7 Å². The molecule has 0 spiro atoms. The molecule has 15 heteroatoms. The maximum atomic E-state index is 12.2. The van der Waals surface area contributed by atoms with Crippen LogP contribution in [0.3, 0.4) is 0 Å². The number of hydrogen-bond acceptors (Lipinski definition) is 7. The van der Waals surface area contributed by atoms with Crippen LogP contribution < -0.4 is 16.4 Å². The first-order valence-corrected chi connectivity index (χ1v) is 9.41. The third kappa shape index (κ3) is 11.5. The molecule has 34 heavy (non-hydrogen) atoms. The molecular weight excluding hydrogens is 469 g/mol. The van der Waals surface area contributed by atoms with Crippen molar-refractivity contribution in [2.45, 2.75) is 44.9 Å². The Morgan fingerprint density at radius 3 is 1.91 bits per heavy atom. The number of nitrogens with one attached hydrogen (secondary N) is 2. The molecule has 0 unspecified atom stereocenters. The summed E-state index contributed by atoms with van der Waals surface area (Å²) in [6.07, 6.45) is -2.97. The van der Waals surface area contributed by atoms with Gasteiger partial charge in [-0.15, -0.1) is 0 Å². The fourth-order valence-electron chi connectivity index (χ4n) is 2.15. The van der Waals surface area contributed by atoms with Gasteiger partial charge < -0.3 is 26.6 Å². The van der Waals surface area contributed by atoms with Crippen LogP contribution in [0.4, 0.5) is 13.2 Å². The Hall–Kier alpha value is -4.04. The standard InChI is InChI=1S/C17H22N4O6.C2HF3O2/c1-9(15(24)21-12(17(26)27)8-14(18)23)7-13(22)10(2)20-16(25)11-3-5-19-6-4-11;3-2(4,5)1(6)7/h3-6,9-10,12H,7-8H2,1-2H3,(H2,18,23)(H,20,25)(H,21,24)(H,26,27);(H,6,7)/t9-,10+,12+;/m1./s1. The second kappa shape index (κ2) is 13.5. The number of alkyl halides is 3. The summed E-state index contributed by atoms with van der Waals surface area (Å²) < 4.78 is 31.7. The third-order valence-corrected chi connectivity index (χ3v) is 3.99. The van der Waals surface area contributed by atoms with Crippen LogP contribution in [0.1, 0.15) is 37.0 Å². The van der Waals surface area contributed by atoms with E-state index in [0.29, 0.717) is 5.56 Å². The average Bonchev–Trinajstić information content (AvgIpc) is 2.72. The van der Waals surface area contributed by atoms with E-state index in [9.17, 15) is 37.1 Å². The first kappa shape index (κ1) is 30.0. The summed E-state index contributed by atoms with van der Waals surface area (Å²) in [6.45, 7) is 2.92. The average molecular weight is 492 g/mol. The zero-order chi connectivity index (χ0) is 26.6. The number of aliphatic carboxylic acids is 2. The van der Waals surface area contributed by atoms with Gasteiger partial charge in [-0.2, -0.15) is 13.2 Å². The Balaban J connectivity index is 0.00000135.